The van der Waals surface area contributed by atoms with Gasteiger partial charge >= 0.3 is 11.9 Å². The topological polar surface area (TPSA) is 78.4 Å². The van der Waals surface area contributed by atoms with Gasteiger partial charge < -0.3 is 9.47 Å². The van der Waals surface area contributed by atoms with Crippen molar-refractivity contribution in [3.05, 3.63) is 34.4 Å². The number of nitrogens with zero attached hydrogens (tertiary/aromatic N) is 2. The number of ether oxygens (including phenoxy) is 2. The predicted octanol–water partition coefficient (Wildman–Crippen LogP) is 4.43. The van der Waals surface area contributed by atoms with Crippen LogP contribution in [0.25, 0.3) is 11.4 Å². The SMILES string of the molecule is CCOC(=O)CSc1nc(-c2cc3c(c(SCC(=O)OCC)n2)CCC3)cc2c1CCC2. The summed E-state index contributed by atoms with van der Waals surface area (Å²) in [4.78, 5) is 33.6. The van der Waals surface area contributed by atoms with Crippen LogP contribution in [0.4, 0.5) is 0 Å². The van der Waals surface area contributed by atoms with Gasteiger partial charge in [0.15, 0.2) is 0 Å². The van der Waals surface area contributed by atoms with Crippen LogP contribution in [0.3, 0.4) is 0 Å². The van der Waals surface area contributed by atoms with Crippen molar-refractivity contribution in [1.29, 1.82) is 0 Å². The molecule has 0 radical (unpaired) electrons. The van der Waals surface area contributed by atoms with Gasteiger partial charge in [-0.05, 0) is 86.8 Å². The van der Waals surface area contributed by atoms with Gasteiger partial charge in [0, 0.05) is 0 Å². The second-order valence-electron chi connectivity index (χ2n) is 7.80. The molecule has 0 N–H and O–H groups in total. The fourth-order valence-corrected chi connectivity index (χ4v) is 6.07. The first-order valence-corrected chi connectivity index (χ1v) is 13.2. The van der Waals surface area contributed by atoms with Gasteiger partial charge in [0.25, 0.3) is 0 Å². The van der Waals surface area contributed by atoms with E-state index in [4.69, 9.17) is 19.4 Å². The molecular weight excluding hydrogens is 444 g/mol. The molecule has 2 aliphatic carbocycles. The first kappa shape index (κ1) is 23.1. The largest absolute Gasteiger partial charge is 0.465 e. The van der Waals surface area contributed by atoms with Gasteiger partial charge in [-0.3, -0.25) is 9.59 Å². The lowest BCUT2D eigenvalue weighted by Crippen LogP contribution is -2.08. The first-order chi connectivity index (χ1) is 15.6. The Bertz CT molecular complexity index is 944. The monoisotopic (exact) mass is 472 g/mol. The molecule has 0 spiro atoms. The van der Waals surface area contributed by atoms with Crippen molar-refractivity contribution in [3.63, 3.8) is 0 Å². The van der Waals surface area contributed by atoms with E-state index in [-0.39, 0.29) is 23.4 Å². The molecule has 0 bridgehead atoms. The summed E-state index contributed by atoms with van der Waals surface area (Å²) >= 11 is 2.90. The van der Waals surface area contributed by atoms with E-state index in [2.05, 4.69) is 12.1 Å². The van der Waals surface area contributed by atoms with Crippen LogP contribution in [-0.4, -0.2) is 46.6 Å². The molecule has 8 heteroatoms. The summed E-state index contributed by atoms with van der Waals surface area (Å²) in [6.07, 6.45) is 6.23. The van der Waals surface area contributed by atoms with Gasteiger partial charge in [0.05, 0.1) is 36.1 Å². The van der Waals surface area contributed by atoms with E-state index in [1.54, 1.807) is 0 Å². The Kier molecular flexibility index (Phi) is 7.73. The molecular formula is C24H28N2O4S2. The minimum atomic E-state index is -0.218. The maximum absolute atomic E-state index is 11.9. The third-order valence-corrected chi connectivity index (χ3v) is 7.61. The molecule has 2 aromatic heterocycles. The molecule has 2 heterocycles. The Balaban J connectivity index is 1.64. The van der Waals surface area contributed by atoms with Crippen molar-refractivity contribution in [3.8, 4) is 11.4 Å². The van der Waals surface area contributed by atoms with Crippen molar-refractivity contribution >= 4 is 35.5 Å². The maximum Gasteiger partial charge on any atom is 0.316 e. The Morgan fingerprint density at radius 3 is 1.62 bits per heavy atom. The molecule has 170 valence electrons. The minimum Gasteiger partial charge on any atom is -0.465 e. The highest BCUT2D eigenvalue weighted by atomic mass is 32.2. The Morgan fingerprint density at radius 1 is 0.781 bits per heavy atom. The summed E-state index contributed by atoms with van der Waals surface area (Å²) in [6.45, 7) is 4.40. The molecule has 0 saturated carbocycles. The fourth-order valence-electron chi connectivity index (χ4n) is 4.25. The number of thioether (sulfide) groups is 2. The predicted molar refractivity (Wildman–Crippen MR) is 126 cm³/mol. The number of fused-ring (bicyclic) bond motifs is 2. The summed E-state index contributed by atoms with van der Waals surface area (Å²) in [6, 6.07) is 4.31. The molecule has 0 amide bonds. The van der Waals surface area contributed by atoms with E-state index < -0.39 is 0 Å². The number of carbonyl (C=O) groups excluding carboxylic acids is 2. The minimum absolute atomic E-state index is 0.218. The summed E-state index contributed by atoms with van der Waals surface area (Å²) < 4.78 is 10.2. The van der Waals surface area contributed by atoms with Gasteiger partial charge in [-0.25, -0.2) is 9.97 Å². The number of carbonyl (C=O) groups is 2. The fraction of sp³-hybridized carbons (Fsp3) is 0.500. The average Bonchev–Trinajstić information content (AvgIpc) is 3.45. The molecule has 0 aliphatic heterocycles. The molecule has 0 aromatic carbocycles. The number of rotatable bonds is 9. The van der Waals surface area contributed by atoms with Crippen LogP contribution in [-0.2, 0) is 44.7 Å². The average molecular weight is 473 g/mol. The number of aryl methyl sites for hydroxylation is 2. The summed E-state index contributed by atoms with van der Waals surface area (Å²) in [5.41, 5.74) is 6.77. The number of hydrogen-bond donors (Lipinski definition) is 0. The maximum atomic E-state index is 11.9. The lowest BCUT2D eigenvalue weighted by molar-refractivity contribution is -0.140. The van der Waals surface area contributed by atoms with Crippen molar-refractivity contribution in [2.24, 2.45) is 0 Å². The Hall–Kier alpha value is -2.06. The summed E-state index contributed by atoms with van der Waals surface area (Å²) in [5, 5.41) is 1.82. The quantitative estimate of drug-likeness (QED) is 0.392. The van der Waals surface area contributed by atoms with Crippen molar-refractivity contribution in [1.82, 2.24) is 9.97 Å². The van der Waals surface area contributed by atoms with Crippen LogP contribution in [0.15, 0.2) is 22.2 Å². The molecule has 6 nitrogen and oxygen atoms in total. The van der Waals surface area contributed by atoms with Crippen LogP contribution >= 0.6 is 23.5 Å². The highest BCUT2D eigenvalue weighted by molar-refractivity contribution is 8.00. The molecule has 0 unspecified atom stereocenters. The zero-order valence-corrected chi connectivity index (χ0v) is 20.2. The van der Waals surface area contributed by atoms with E-state index in [1.165, 1.54) is 45.8 Å². The lowest BCUT2D eigenvalue weighted by Gasteiger charge is -2.13. The number of esters is 2. The van der Waals surface area contributed by atoms with E-state index in [1.807, 2.05) is 13.8 Å². The van der Waals surface area contributed by atoms with E-state index >= 15 is 0 Å². The first-order valence-electron chi connectivity index (χ1n) is 11.2. The van der Waals surface area contributed by atoms with E-state index in [0.717, 1.165) is 60.0 Å². The van der Waals surface area contributed by atoms with Crippen LogP contribution in [0, 0.1) is 0 Å². The Labute approximate surface area is 197 Å². The smallest absolute Gasteiger partial charge is 0.316 e. The van der Waals surface area contributed by atoms with Crippen LogP contribution < -0.4 is 0 Å². The van der Waals surface area contributed by atoms with Gasteiger partial charge in [0.1, 0.15) is 10.1 Å². The highest BCUT2D eigenvalue weighted by Crippen LogP contribution is 2.37. The lowest BCUT2D eigenvalue weighted by atomic mass is 10.1. The van der Waals surface area contributed by atoms with Gasteiger partial charge in [-0.15, -0.1) is 0 Å². The van der Waals surface area contributed by atoms with Gasteiger partial charge in [-0.1, -0.05) is 23.5 Å². The van der Waals surface area contributed by atoms with Crippen LogP contribution in [0.2, 0.25) is 0 Å². The molecule has 4 rings (SSSR count). The zero-order valence-electron chi connectivity index (χ0n) is 18.6. The summed E-state index contributed by atoms with van der Waals surface area (Å²) in [7, 11) is 0. The van der Waals surface area contributed by atoms with Crippen LogP contribution in [0.5, 0.6) is 0 Å². The highest BCUT2D eigenvalue weighted by Gasteiger charge is 2.23. The van der Waals surface area contributed by atoms with Crippen LogP contribution in [0.1, 0.15) is 48.9 Å². The molecule has 0 fully saturated rings. The van der Waals surface area contributed by atoms with Gasteiger partial charge in [-0.2, -0.15) is 0 Å². The van der Waals surface area contributed by atoms with Gasteiger partial charge in [0.2, 0.25) is 0 Å². The zero-order chi connectivity index (χ0) is 22.5. The van der Waals surface area contributed by atoms with E-state index in [9.17, 15) is 9.59 Å². The molecule has 32 heavy (non-hydrogen) atoms. The molecule has 0 atom stereocenters. The van der Waals surface area contributed by atoms with Crippen molar-refractivity contribution in [2.75, 3.05) is 24.7 Å². The standard InChI is InChI=1S/C24H28N2O4S2/c1-3-29-21(27)13-31-23-17-9-5-7-15(17)11-19(25-23)20-12-16-8-6-10-18(16)24(26-20)32-14-22(28)30-4-2/h11-12H,3-10,13-14H2,1-2H3. The van der Waals surface area contributed by atoms with E-state index in [0.29, 0.717) is 13.2 Å². The van der Waals surface area contributed by atoms with Crippen molar-refractivity contribution in [2.45, 2.75) is 62.4 Å². The van der Waals surface area contributed by atoms with Crippen molar-refractivity contribution < 1.29 is 19.1 Å². The number of aromatic nitrogens is 2. The number of pyridine rings is 2. The molecule has 0 saturated heterocycles. The second-order valence-corrected chi connectivity index (χ2v) is 9.72. The third-order valence-electron chi connectivity index (χ3n) is 5.63. The number of hydrogen-bond acceptors (Lipinski definition) is 8. The normalized spacial score (nSPS) is 14.2. The molecule has 2 aliphatic rings. The Morgan fingerprint density at radius 2 is 1.22 bits per heavy atom. The molecule has 2 aromatic rings. The third kappa shape index (κ3) is 5.29. The second kappa shape index (κ2) is 10.7. The summed E-state index contributed by atoms with van der Waals surface area (Å²) in [5.74, 6) is 0.0822.